The van der Waals surface area contributed by atoms with Crippen LogP contribution in [0.15, 0.2) is 47.0 Å². The largest absolute Gasteiger partial charge is 0.419 e. The highest BCUT2D eigenvalue weighted by Crippen LogP contribution is 2.27. The van der Waals surface area contributed by atoms with Gasteiger partial charge in [-0.25, -0.2) is 0 Å². The quantitative estimate of drug-likeness (QED) is 0.615. The predicted molar refractivity (Wildman–Crippen MR) is 98.4 cm³/mol. The van der Waals surface area contributed by atoms with Crippen LogP contribution in [-0.4, -0.2) is 26.1 Å². The van der Waals surface area contributed by atoms with E-state index in [2.05, 4.69) is 33.9 Å². The van der Waals surface area contributed by atoms with Gasteiger partial charge in [0.2, 0.25) is 11.8 Å². The van der Waals surface area contributed by atoms with E-state index in [-0.39, 0.29) is 6.04 Å². The zero-order valence-electron chi connectivity index (χ0n) is 14.0. The SMILES string of the molecule is CC(C)N(Cc1nnc(-c2ccccc2Cl)o1)Cc1ncccc1Cl. The van der Waals surface area contributed by atoms with Crippen molar-refractivity contribution in [2.45, 2.75) is 33.0 Å². The highest BCUT2D eigenvalue weighted by Gasteiger charge is 2.18. The van der Waals surface area contributed by atoms with E-state index in [1.165, 1.54) is 0 Å². The van der Waals surface area contributed by atoms with Crippen molar-refractivity contribution < 1.29 is 4.42 Å². The Morgan fingerprint density at radius 2 is 1.76 bits per heavy atom. The summed E-state index contributed by atoms with van der Waals surface area (Å²) in [6, 6.07) is 11.3. The molecule has 3 rings (SSSR count). The number of hydrogen-bond donors (Lipinski definition) is 0. The summed E-state index contributed by atoms with van der Waals surface area (Å²) in [5.74, 6) is 0.941. The summed E-state index contributed by atoms with van der Waals surface area (Å²) < 4.78 is 5.80. The van der Waals surface area contributed by atoms with E-state index in [4.69, 9.17) is 27.6 Å². The fourth-order valence-electron chi connectivity index (χ4n) is 2.38. The first-order chi connectivity index (χ1) is 12.0. The van der Waals surface area contributed by atoms with Crippen LogP contribution < -0.4 is 0 Å². The monoisotopic (exact) mass is 376 g/mol. The van der Waals surface area contributed by atoms with Gasteiger partial charge in [0.1, 0.15) is 0 Å². The molecule has 0 saturated carbocycles. The lowest BCUT2D eigenvalue weighted by molar-refractivity contribution is 0.182. The van der Waals surface area contributed by atoms with Crippen LogP contribution >= 0.6 is 23.2 Å². The van der Waals surface area contributed by atoms with Crippen molar-refractivity contribution in [2.24, 2.45) is 0 Å². The van der Waals surface area contributed by atoms with Gasteiger partial charge < -0.3 is 4.42 Å². The lowest BCUT2D eigenvalue weighted by Gasteiger charge is -2.24. The molecular weight excluding hydrogens is 359 g/mol. The van der Waals surface area contributed by atoms with Crippen LogP contribution in [-0.2, 0) is 13.1 Å². The molecule has 0 aliphatic heterocycles. The topological polar surface area (TPSA) is 55.1 Å². The van der Waals surface area contributed by atoms with Crippen LogP contribution in [0.4, 0.5) is 0 Å². The molecule has 0 amide bonds. The van der Waals surface area contributed by atoms with Gasteiger partial charge in [0.25, 0.3) is 0 Å². The van der Waals surface area contributed by atoms with Crippen LogP contribution in [0.5, 0.6) is 0 Å². The number of pyridine rings is 1. The fourth-order valence-corrected chi connectivity index (χ4v) is 2.78. The van der Waals surface area contributed by atoms with Crippen molar-refractivity contribution in [3.8, 4) is 11.5 Å². The molecule has 2 aromatic heterocycles. The van der Waals surface area contributed by atoms with E-state index in [1.807, 2.05) is 30.3 Å². The van der Waals surface area contributed by atoms with Crippen molar-refractivity contribution >= 4 is 23.2 Å². The highest BCUT2D eigenvalue weighted by molar-refractivity contribution is 6.33. The minimum Gasteiger partial charge on any atom is -0.419 e. The first kappa shape index (κ1) is 17.9. The van der Waals surface area contributed by atoms with Gasteiger partial charge >= 0.3 is 0 Å². The molecule has 0 unspecified atom stereocenters. The van der Waals surface area contributed by atoms with Gasteiger partial charge in [-0.1, -0.05) is 35.3 Å². The van der Waals surface area contributed by atoms with Crippen molar-refractivity contribution in [1.82, 2.24) is 20.1 Å². The predicted octanol–water partition coefficient (Wildman–Crippen LogP) is 4.85. The van der Waals surface area contributed by atoms with E-state index < -0.39 is 0 Å². The summed E-state index contributed by atoms with van der Waals surface area (Å²) in [5, 5.41) is 9.50. The zero-order chi connectivity index (χ0) is 17.8. The average Bonchev–Trinajstić information content (AvgIpc) is 3.05. The molecule has 25 heavy (non-hydrogen) atoms. The molecule has 0 N–H and O–H groups in total. The van der Waals surface area contributed by atoms with E-state index in [0.29, 0.717) is 34.9 Å². The van der Waals surface area contributed by atoms with Crippen molar-refractivity contribution in [1.29, 1.82) is 0 Å². The van der Waals surface area contributed by atoms with E-state index >= 15 is 0 Å². The normalized spacial score (nSPS) is 11.4. The van der Waals surface area contributed by atoms with Crippen LogP contribution in [0.25, 0.3) is 11.5 Å². The molecule has 7 heteroatoms. The third-order valence-corrected chi connectivity index (χ3v) is 4.50. The van der Waals surface area contributed by atoms with Crippen molar-refractivity contribution in [3.05, 3.63) is 64.2 Å². The average molecular weight is 377 g/mol. The first-order valence-corrected chi connectivity index (χ1v) is 8.71. The smallest absolute Gasteiger partial charge is 0.249 e. The van der Waals surface area contributed by atoms with Gasteiger partial charge in [-0.2, -0.15) is 0 Å². The number of aromatic nitrogens is 3. The molecule has 0 fully saturated rings. The Labute approximate surface area is 156 Å². The van der Waals surface area contributed by atoms with E-state index in [1.54, 1.807) is 12.3 Å². The highest BCUT2D eigenvalue weighted by atomic mass is 35.5. The molecule has 1 aromatic carbocycles. The maximum absolute atomic E-state index is 6.22. The Morgan fingerprint density at radius 1 is 1.00 bits per heavy atom. The standard InChI is InChI=1S/C18H18Cl2N4O/c1-12(2)24(10-16-15(20)8-5-9-21-16)11-17-22-23-18(25-17)13-6-3-4-7-14(13)19/h3-9,12H,10-11H2,1-2H3. The van der Waals surface area contributed by atoms with Gasteiger partial charge in [0.05, 0.1) is 27.8 Å². The second-order valence-corrected chi connectivity index (χ2v) is 6.73. The minimum absolute atomic E-state index is 0.258. The third kappa shape index (κ3) is 4.37. The number of benzene rings is 1. The summed E-state index contributed by atoms with van der Waals surface area (Å²) in [6.07, 6.45) is 1.74. The number of rotatable bonds is 6. The van der Waals surface area contributed by atoms with Crippen LogP contribution in [0.1, 0.15) is 25.4 Å². The van der Waals surface area contributed by atoms with Gasteiger partial charge in [0.15, 0.2) is 0 Å². The molecule has 0 saturated heterocycles. The third-order valence-electron chi connectivity index (χ3n) is 3.83. The van der Waals surface area contributed by atoms with Crippen molar-refractivity contribution in [2.75, 3.05) is 0 Å². The Morgan fingerprint density at radius 3 is 2.48 bits per heavy atom. The van der Waals surface area contributed by atoms with Crippen LogP contribution in [0.3, 0.4) is 0 Å². The Bertz CT molecular complexity index is 850. The van der Waals surface area contributed by atoms with Crippen molar-refractivity contribution in [3.63, 3.8) is 0 Å². The first-order valence-electron chi connectivity index (χ1n) is 7.95. The van der Waals surface area contributed by atoms with Gasteiger partial charge in [-0.15, -0.1) is 10.2 Å². The molecule has 3 aromatic rings. The maximum atomic E-state index is 6.22. The minimum atomic E-state index is 0.258. The molecule has 0 radical (unpaired) electrons. The lowest BCUT2D eigenvalue weighted by Crippen LogP contribution is -2.30. The zero-order valence-corrected chi connectivity index (χ0v) is 15.5. The Hall–Kier alpha value is -1.95. The van der Waals surface area contributed by atoms with Gasteiger partial charge in [0, 0.05) is 18.8 Å². The summed E-state index contributed by atoms with van der Waals surface area (Å²) in [4.78, 5) is 6.51. The molecule has 0 atom stereocenters. The molecular formula is C18H18Cl2N4O. The van der Waals surface area contributed by atoms with Gasteiger partial charge in [-0.3, -0.25) is 9.88 Å². The second-order valence-electron chi connectivity index (χ2n) is 5.91. The Kier molecular flexibility index (Phi) is 5.68. The molecule has 0 bridgehead atoms. The number of hydrogen-bond acceptors (Lipinski definition) is 5. The lowest BCUT2D eigenvalue weighted by atomic mass is 10.2. The molecule has 0 aliphatic carbocycles. The van der Waals surface area contributed by atoms with Crippen LogP contribution in [0.2, 0.25) is 10.0 Å². The second kappa shape index (κ2) is 7.95. The molecule has 5 nitrogen and oxygen atoms in total. The summed E-state index contributed by atoms with van der Waals surface area (Å²) in [7, 11) is 0. The van der Waals surface area contributed by atoms with Gasteiger partial charge in [-0.05, 0) is 38.1 Å². The number of nitrogens with zero attached hydrogens (tertiary/aromatic N) is 4. The molecule has 2 heterocycles. The number of halogens is 2. The summed E-state index contributed by atoms with van der Waals surface area (Å²) in [5.41, 5.74) is 1.55. The molecule has 0 spiro atoms. The van der Waals surface area contributed by atoms with E-state index in [0.717, 1.165) is 11.3 Å². The van der Waals surface area contributed by atoms with Crippen LogP contribution in [0, 0.1) is 0 Å². The van der Waals surface area contributed by atoms with E-state index in [9.17, 15) is 0 Å². The summed E-state index contributed by atoms with van der Waals surface area (Å²) in [6.45, 7) is 5.30. The maximum Gasteiger partial charge on any atom is 0.249 e. The molecule has 0 aliphatic rings. The summed E-state index contributed by atoms with van der Waals surface area (Å²) >= 11 is 12.4. The Balaban J connectivity index is 1.77. The molecule has 130 valence electrons. The fraction of sp³-hybridized carbons (Fsp3) is 0.278.